The molecular formula is C26H38Br2O2Si. The van der Waals surface area contributed by atoms with Crippen molar-refractivity contribution in [1.82, 2.24) is 0 Å². The van der Waals surface area contributed by atoms with Crippen molar-refractivity contribution in [2.75, 3.05) is 19.8 Å². The molecule has 0 saturated carbocycles. The summed E-state index contributed by atoms with van der Waals surface area (Å²) in [6, 6.07) is 21.8. The summed E-state index contributed by atoms with van der Waals surface area (Å²) in [5, 5.41) is 2.75. The Morgan fingerprint density at radius 3 is 1.68 bits per heavy atom. The van der Waals surface area contributed by atoms with Crippen LogP contribution in [-0.2, 0) is 9.16 Å². The molecule has 0 aliphatic carbocycles. The van der Waals surface area contributed by atoms with Crippen LogP contribution in [0.25, 0.3) is 0 Å². The maximum Gasteiger partial charge on any atom is 0.261 e. The first-order valence-electron chi connectivity index (χ1n) is 11.5. The molecule has 0 atom stereocenters. The largest absolute Gasteiger partial charge is 0.407 e. The highest BCUT2D eigenvalue weighted by atomic mass is 79.9. The van der Waals surface area contributed by atoms with E-state index in [1.807, 2.05) is 0 Å². The van der Waals surface area contributed by atoms with Crippen molar-refractivity contribution < 1.29 is 9.16 Å². The van der Waals surface area contributed by atoms with E-state index in [-0.39, 0.29) is 5.04 Å². The van der Waals surface area contributed by atoms with Crippen molar-refractivity contribution in [3.8, 4) is 0 Å². The van der Waals surface area contributed by atoms with Crippen molar-refractivity contribution >= 4 is 50.6 Å². The van der Waals surface area contributed by atoms with Crippen molar-refractivity contribution in [1.29, 1.82) is 0 Å². The van der Waals surface area contributed by atoms with Gasteiger partial charge in [-0.15, -0.1) is 0 Å². The highest BCUT2D eigenvalue weighted by molar-refractivity contribution is 9.24. The van der Waals surface area contributed by atoms with Gasteiger partial charge in [0.15, 0.2) is 0 Å². The number of ether oxygens (including phenoxy) is 1. The molecule has 0 heterocycles. The molecule has 0 unspecified atom stereocenters. The van der Waals surface area contributed by atoms with Gasteiger partial charge in [0, 0.05) is 19.8 Å². The van der Waals surface area contributed by atoms with Gasteiger partial charge in [0.05, 0.1) is 3.74 Å². The maximum absolute atomic E-state index is 6.94. The number of benzene rings is 2. The molecular weight excluding hydrogens is 532 g/mol. The molecule has 2 nitrogen and oxygen atoms in total. The van der Waals surface area contributed by atoms with Crippen LogP contribution in [0, 0.1) is 0 Å². The van der Waals surface area contributed by atoms with Gasteiger partial charge in [-0.05, 0) is 53.9 Å². The van der Waals surface area contributed by atoms with Gasteiger partial charge in [0.2, 0.25) is 0 Å². The molecule has 0 radical (unpaired) electrons. The van der Waals surface area contributed by atoms with Crippen molar-refractivity contribution in [2.24, 2.45) is 0 Å². The van der Waals surface area contributed by atoms with Crippen LogP contribution in [0.2, 0.25) is 5.04 Å². The van der Waals surface area contributed by atoms with E-state index in [1.54, 1.807) is 0 Å². The summed E-state index contributed by atoms with van der Waals surface area (Å²) in [5.41, 5.74) is 0. The second-order valence-electron chi connectivity index (χ2n) is 9.07. The summed E-state index contributed by atoms with van der Waals surface area (Å²) in [5.74, 6) is 0. The van der Waals surface area contributed by atoms with Gasteiger partial charge in [-0.3, -0.25) is 0 Å². The number of halogens is 2. The van der Waals surface area contributed by atoms with Crippen LogP contribution in [0.4, 0.5) is 0 Å². The zero-order chi connectivity index (χ0) is 22.6. The zero-order valence-corrected chi connectivity index (χ0v) is 23.5. The monoisotopic (exact) mass is 568 g/mol. The van der Waals surface area contributed by atoms with E-state index in [2.05, 4.69) is 113 Å². The predicted octanol–water partition coefficient (Wildman–Crippen LogP) is 7.04. The molecule has 0 saturated heterocycles. The second-order valence-corrected chi connectivity index (χ2v) is 16.8. The van der Waals surface area contributed by atoms with Gasteiger partial charge in [0.25, 0.3) is 8.32 Å². The SMILES string of the molecule is CC(C)(C)[Si](OCCCCCOCCCCC(Br)Br)(c1ccccc1)c1ccccc1. The minimum absolute atomic E-state index is 0.0437. The van der Waals surface area contributed by atoms with Crippen LogP contribution in [0.5, 0.6) is 0 Å². The van der Waals surface area contributed by atoms with Gasteiger partial charge >= 0.3 is 0 Å². The molecule has 2 aromatic carbocycles. The molecule has 0 amide bonds. The molecule has 0 aliphatic rings. The lowest BCUT2D eigenvalue weighted by atomic mass is 10.2. The Morgan fingerprint density at radius 2 is 1.19 bits per heavy atom. The predicted molar refractivity (Wildman–Crippen MR) is 144 cm³/mol. The molecule has 0 spiro atoms. The van der Waals surface area contributed by atoms with E-state index in [4.69, 9.17) is 9.16 Å². The number of unbranched alkanes of at least 4 members (excludes halogenated alkanes) is 3. The van der Waals surface area contributed by atoms with Gasteiger partial charge < -0.3 is 9.16 Å². The number of rotatable bonds is 14. The summed E-state index contributed by atoms with van der Waals surface area (Å²) < 4.78 is 13.2. The average molecular weight is 570 g/mol. The molecule has 0 bridgehead atoms. The molecule has 0 aliphatic heterocycles. The Morgan fingerprint density at radius 1 is 0.710 bits per heavy atom. The van der Waals surface area contributed by atoms with E-state index in [1.165, 1.54) is 16.8 Å². The molecule has 172 valence electrons. The van der Waals surface area contributed by atoms with Gasteiger partial charge in [-0.25, -0.2) is 0 Å². The Bertz CT molecular complexity index is 678. The summed E-state index contributed by atoms with van der Waals surface area (Å²) in [6.45, 7) is 9.52. The van der Waals surface area contributed by atoms with Crippen LogP contribution in [0.3, 0.4) is 0 Å². The van der Waals surface area contributed by atoms with Crippen molar-refractivity contribution in [2.45, 2.75) is 68.1 Å². The van der Waals surface area contributed by atoms with Crippen LogP contribution in [0.1, 0.15) is 59.3 Å². The molecule has 5 heteroatoms. The smallest absolute Gasteiger partial charge is 0.261 e. The molecule has 0 N–H and O–H groups in total. The van der Waals surface area contributed by atoms with Crippen molar-refractivity contribution in [3.63, 3.8) is 0 Å². The summed E-state index contributed by atoms with van der Waals surface area (Å²) in [4.78, 5) is 0. The van der Waals surface area contributed by atoms with E-state index in [9.17, 15) is 0 Å². The van der Waals surface area contributed by atoms with Crippen LogP contribution in [-0.4, -0.2) is 31.9 Å². The van der Waals surface area contributed by atoms with Gasteiger partial charge in [0.1, 0.15) is 0 Å². The minimum atomic E-state index is -2.39. The topological polar surface area (TPSA) is 18.5 Å². The van der Waals surface area contributed by atoms with E-state index in [0.29, 0.717) is 3.74 Å². The van der Waals surface area contributed by atoms with Crippen LogP contribution >= 0.6 is 31.9 Å². The normalized spacial score (nSPS) is 12.5. The third-order valence-corrected chi connectivity index (χ3v) is 11.6. The lowest BCUT2D eigenvalue weighted by molar-refractivity contribution is 0.125. The standard InChI is InChI=1S/C26H38Br2O2Si/c1-26(2,3)31(23-15-7-4-8-16-23,24-17-9-5-10-18-24)30-22-13-6-12-20-29-21-14-11-19-25(27)28/h4-5,7-10,15-18,25H,6,11-14,19-22H2,1-3H3. The highest BCUT2D eigenvalue weighted by Gasteiger charge is 2.49. The maximum atomic E-state index is 6.94. The number of hydrogen-bond donors (Lipinski definition) is 0. The van der Waals surface area contributed by atoms with Crippen LogP contribution in [0.15, 0.2) is 60.7 Å². The lowest BCUT2D eigenvalue weighted by Crippen LogP contribution is -2.66. The quantitative estimate of drug-likeness (QED) is 0.138. The Hall–Kier alpha value is -0.463. The first-order chi connectivity index (χ1) is 14.9. The molecule has 31 heavy (non-hydrogen) atoms. The fourth-order valence-electron chi connectivity index (χ4n) is 4.07. The fourth-order valence-corrected chi connectivity index (χ4v) is 9.33. The van der Waals surface area contributed by atoms with Crippen LogP contribution < -0.4 is 10.4 Å². The number of hydrogen-bond acceptors (Lipinski definition) is 2. The average Bonchev–Trinajstić information content (AvgIpc) is 2.75. The molecule has 0 aromatic heterocycles. The first kappa shape index (κ1) is 26.8. The summed E-state index contributed by atoms with van der Waals surface area (Å²) >= 11 is 7.03. The lowest BCUT2D eigenvalue weighted by Gasteiger charge is -2.43. The third kappa shape index (κ3) is 8.43. The van der Waals surface area contributed by atoms with E-state index < -0.39 is 8.32 Å². The van der Waals surface area contributed by atoms with Gasteiger partial charge in [-0.1, -0.05) is 113 Å². The summed E-state index contributed by atoms with van der Waals surface area (Å²) in [6.07, 6.45) is 6.77. The Labute approximate surface area is 207 Å². The Kier molecular flexibility index (Phi) is 12.0. The zero-order valence-electron chi connectivity index (χ0n) is 19.3. The second kappa shape index (κ2) is 13.9. The highest BCUT2D eigenvalue weighted by Crippen LogP contribution is 2.36. The van der Waals surface area contributed by atoms with E-state index >= 15 is 0 Å². The third-order valence-electron chi connectivity index (χ3n) is 5.63. The fraction of sp³-hybridized carbons (Fsp3) is 0.538. The molecule has 2 rings (SSSR count). The molecule has 0 fully saturated rings. The number of alkyl halides is 2. The van der Waals surface area contributed by atoms with Gasteiger partial charge in [-0.2, -0.15) is 0 Å². The summed E-state index contributed by atoms with van der Waals surface area (Å²) in [7, 11) is -2.39. The Balaban J connectivity index is 1.89. The van der Waals surface area contributed by atoms with Crippen molar-refractivity contribution in [3.05, 3.63) is 60.7 Å². The molecule has 2 aromatic rings. The first-order valence-corrected chi connectivity index (χ1v) is 15.2. The minimum Gasteiger partial charge on any atom is -0.407 e. The van der Waals surface area contributed by atoms with E-state index in [0.717, 1.165) is 51.9 Å².